The largest absolute Gasteiger partial charge is 0.325 e. The van der Waals surface area contributed by atoms with Gasteiger partial charge in [-0.3, -0.25) is 4.98 Å². The van der Waals surface area contributed by atoms with Gasteiger partial charge in [-0.15, -0.1) is 11.3 Å². The first-order valence-corrected chi connectivity index (χ1v) is 11.6. The molecule has 0 spiro atoms. The molecule has 0 saturated carbocycles. The molecule has 3 aromatic rings. The molecule has 0 aliphatic carbocycles. The smallest absolute Gasteiger partial charge is 0.250 e. The number of hydrogen-bond acceptors (Lipinski definition) is 6. The number of likely N-dealkylation sites (N-methyl/N-ethyl adjacent to an activating group) is 1. The van der Waals surface area contributed by atoms with E-state index < -0.39 is 10.0 Å². The molecule has 0 radical (unpaired) electrons. The number of thiophene rings is 1. The third kappa shape index (κ3) is 5.59. The lowest BCUT2D eigenvalue weighted by molar-refractivity contribution is 0.334. The summed E-state index contributed by atoms with van der Waals surface area (Å²) in [5.74, 6) is 0. The Bertz CT molecular complexity index is 967. The minimum atomic E-state index is -3.46. The number of benzene rings is 1. The third-order valence-corrected chi connectivity index (χ3v) is 7.60. The van der Waals surface area contributed by atoms with Gasteiger partial charge in [0.25, 0.3) is 0 Å². The highest BCUT2D eigenvalue weighted by Crippen LogP contribution is 2.28. The summed E-state index contributed by atoms with van der Waals surface area (Å²) in [5, 5.41) is 0.957. The van der Waals surface area contributed by atoms with Crippen LogP contribution in [-0.4, -0.2) is 45.0 Å². The Kier molecular flexibility index (Phi) is 7.14. The predicted molar refractivity (Wildman–Crippen MR) is 115 cm³/mol. The van der Waals surface area contributed by atoms with Gasteiger partial charge in [0.15, 0.2) is 0 Å². The maximum Gasteiger partial charge on any atom is 0.250 e. The van der Waals surface area contributed by atoms with E-state index in [0.717, 1.165) is 35.2 Å². The molecule has 150 valence electrons. The SMILES string of the molecule is CN(CCCc1ccc(CN)nc1)CCNS(=O)(=O)c1cc2ccccc2s1. The van der Waals surface area contributed by atoms with E-state index in [-0.39, 0.29) is 0 Å². The summed E-state index contributed by atoms with van der Waals surface area (Å²) in [5.41, 5.74) is 7.64. The van der Waals surface area contributed by atoms with E-state index in [1.54, 1.807) is 6.07 Å². The van der Waals surface area contributed by atoms with Crippen LogP contribution in [0.3, 0.4) is 0 Å². The Morgan fingerprint density at radius 2 is 2.00 bits per heavy atom. The van der Waals surface area contributed by atoms with Crippen LogP contribution in [0.4, 0.5) is 0 Å². The highest BCUT2D eigenvalue weighted by Gasteiger charge is 2.17. The van der Waals surface area contributed by atoms with E-state index in [0.29, 0.717) is 23.8 Å². The van der Waals surface area contributed by atoms with Crippen molar-refractivity contribution in [1.29, 1.82) is 0 Å². The lowest BCUT2D eigenvalue weighted by atomic mass is 10.1. The first-order chi connectivity index (χ1) is 13.5. The van der Waals surface area contributed by atoms with Crippen LogP contribution in [0.15, 0.2) is 52.9 Å². The zero-order chi connectivity index (χ0) is 20.0. The normalized spacial score (nSPS) is 12.1. The van der Waals surface area contributed by atoms with Gasteiger partial charge in [-0.1, -0.05) is 24.3 Å². The van der Waals surface area contributed by atoms with Crippen molar-refractivity contribution in [3.8, 4) is 0 Å². The Balaban J connectivity index is 1.42. The van der Waals surface area contributed by atoms with Crippen molar-refractivity contribution in [3.05, 3.63) is 59.9 Å². The van der Waals surface area contributed by atoms with Gasteiger partial charge in [0.1, 0.15) is 4.21 Å². The highest BCUT2D eigenvalue weighted by atomic mass is 32.2. The van der Waals surface area contributed by atoms with Gasteiger partial charge < -0.3 is 10.6 Å². The van der Waals surface area contributed by atoms with Gasteiger partial charge >= 0.3 is 0 Å². The molecule has 8 heteroatoms. The molecule has 28 heavy (non-hydrogen) atoms. The van der Waals surface area contributed by atoms with Crippen molar-refractivity contribution in [3.63, 3.8) is 0 Å². The van der Waals surface area contributed by atoms with Crippen molar-refractivity contribution in [2.75, 3.05) is 26.7 Å². The van der Waals surface area contributed by atoms with Gasteiger partial charge in [0, 0.05) is 30.5 Å². The second-order valence-corrected chi connectivity index (χ2v) is 9.85. The monoisotopic (exact) mass is 418 g/mol. The summed E-state index contributed by atoms with van der Waals surface area (Å²) in [6.45, 7) is 2.40. The van der Waals surface area contributed by atoms with Crippen molar-refractivity contribution < 1.29 is 8.42 Å². The van der Waals surface area contributed by atoms with E-state index >= 15 is 0 Å². The fraction of sp³-hybridized carbons (Fsp3) is 0.350. The fourth-order valence-corrected chi connectivity index (χ4v) is 5.38. The average molecular weight is 419 g/mol. The number of nitrogens with two attached hydrogens (primary N) is 1. The number of sulfonamides is 1. The standard InChI is InChI=1S/C20H26N4O2S2/c1-24(11-4-5-16-8-9-18(14-21)22-15-16)12-10-23-28(25,26)20-13-17-6-2-3-7-19(17)27-20/h2-3,6-9,13,15,23H,4-5,10-12,14,21H2,1H3. The molecule has 1 aromatic carbocycles. The maximum atomic E-state index is 12.5. The van der Waals surface area contributed by atoms with Crippen LogP contribution in [0, 0.1) is 0 Å². The number of fused-ring (bicyclic) bond motifs is 1. The average Bonchev–Trinajstić information content (AvgIpc) is 3.14. The summed E-state index contributed by atoms with van der Waals surface area (Å²) in [6, 6.07) is 13.5. The molecule has 0 saturated heterocycles. The van der Waals surface area contributed by atoms with Gasteiger partial charge in [-0.25, -0.2) is 13.1 Å². The van der Waals surface area contributed by atoms with E-state index in [4.69, 9.17) is 5.73 Å². The first kappa shape index (κ1) is 20.9. The Morgan fingerprint density at radius 1 is 1.18 bits per heavy atom. The van der Waals surface area contributed by atoms with E-state index in [1.165, 1.54) is 16.9 Å². The predicted octanol–water partition coefficient (Wildman–Crippen LogP) is 2.60. The van der Waals surface area contributed by atoms with E-state index in [9.17, 15) is 8.42 Å². The number of nitrogens with one attached hydrogen (secondary N) is 1. The van der Waals surface area contributed by atoms with Gasteiger partial charge in [-0.2, -0.15) is 0 Å². The highest BCUT2D eigenvalue weighted by molar-refractivity contribution is 7.91. The molecule has 0 amide bonds. The van der Waals surface area contributed by atoms with E-state index in [2.05, 4.69) is 20.7 Å². The molecule has 0 fully saturated rings. The van der Waals surface area contributed by atoms with Crippen LogP contribution in [0.25, 0.3) is 10.1 Å². The van der Waals surface area contributed by atoms with E-state index in [1.807, 2.05) is 43.6 Å². The molecule has 6 nitrogen and oxygen atoms in total. The van der Waals surface area contributed by atoms with Gasteiger partial charge in [0.05, 0.1) is 5.69 Å². The van der Waals surface area contributed by atoms with Crippen LogP contribution in [0.2, 0.25) is 0 Å². The van der Waals surface area contributed by atoms with Crippen molar-refractivity contribution >= 4 is 31.4 Å². The van der Waals surface area contributed by atoms with Crippen LogP contribution >= 0.6 is 11.3 Å². The quantitative estimate of drug-likeness (QED) is 0.528. The maximum absolute atomic E-state index is 12.5. The van der Waals surface area contributed by atoms with Crippen LogP contribution in [-0.2, 0) is 23.0 Å². The summed E-state index contributed by atoms with van der Waals surface area (Å²) >= 11 is 1.30. The molecule has 2 aromatic heterocycles. The lowest BCUT2D eigenvalue weighted by Gasteiger charge is -2.16. The number of aryl methyl sites for hydroxylation is 1. The number of nitrogens with zero attached hydrogens (tertiary/aromatic N) is 2. The fourth-order valence-electron chi connectivity index (χ4n) is 2.92. The molecule has 0 bridgehead atoms. The molecular formula is C20H26N4O2S2. The number of pyridine rings is 1. The van der Waals surface area contributed by atoms with Gasteiger partial charge in [-0.05, 0) is 55.6 Å². The minimum Gasteiger partial charge on any atom is -0.325 e. The van der Waals surface area contributed by atoms with Gasteiger partial charge in [0.2, 0.25) is 10.0 Å². The zero-order valence-corrected chi connectivity index (χ0v) is 17.6. The zero-order valence-electron chi connectivity index (χ0n) is 16.0. The Morgan fingerprint density at radius 3 is 2.71 bits per heavy atom. The van der Waals surface area contributed by atoms with Crippen molar-refractivity contribution in [2.24, 2.45) is 5.73 Å². The molecule has 0 aliphatic heterocycles. The molecular weight excluding hydrogens is 392 g/mol. The van der Waals surface area contributed by atoms with Crippen LogP contribution in [0.5, 0.6) is 0 Å². The summed E-state index contributed by atoms with van der Waals surface area (Å²) in [6.07, 6.45) is 3.81. The number of aromatic nitrogens is 1. The number of hydrogen-bond donors (Lipinski definition) is 2. The first-order valence-electron chi connectivity index (χ1n) is 9.28. The Hall–Kier alpha value is -1.84. The Labute approximate surface area is 170 Å². The topological polar surface area (TPSA) is 88.3 Å². The molecule has 3 rings (SSSR count). The third-order valence-electron chi connectivity index (χ3n) is 4.55. The summed E-state index contributed by atoms with van der Waals surface area (Å²) in [4.78, 5) is 6.44. The molecule has 2 heterocycles. The van der Waals surface area contributed by atoms with Crippen LogP contribution < -0.4 is 10.5 Å². The summed E-state index contributed by atoms with van der Waals surface area (Å²) in [7, 11) is -1.46. The lowest BCUT2D eigenvalue weighted by Crippen LogP contribution is -2.33. The number of rotatable bonds is 10. The second kappa shape index (κ2) is 9.58. The molecule has 0 atom stereocenters. The van der Waals surface area contributed by atoms with Crippen LogP contribution in [0.1, 0.15) is 17.7 Å². The van der Waals surface area contributed by atoms with Crippen molar-refractivity contribution in [2.45, 2.75) is 23.6 Å². The molecule has 0 aliphatic rings. The molecule has 3 N–H and O–H groups in total. The summed E-state index contributed by atoms with van der Waals surface area (Å²) < 4.78 is 29.1. The minimum absolute atomic E-state index is 0.366. The van der Waals surface area contributed by atoms with Crippen molar-refractivity contribution in [1.82, 2.24) is 14.6 Å². The molecule has 0 unspecified atom stereocenters. The second-order valence-electron chi connectivity index (χ2n) is 6.77.